The number of benzene rings is 1. The van der Waals surface area contributed by atoms with Crippen molar-refractivity contribution in [3.8, 4) is 11.5 Å². The Morgan fingerprint density at radius 2 is 2.06 bits per heavy atom. The normalized spacial score (nSPS) is 16.1. The number of nitrogens with zero attached hydrogens (tertiary/aromatic N) is 1. The predicted octanol–water partition coefficient (Wildman–Crippen LogP) is 3.56. The highest BCUT2D eigenvalue weighted by atomic mass is 16.5. The Kier molecular flexibility index (Phi) is 8.38. The van der Waals surface area contributed by atoms with Crippen LogP contribution in [0.15, 0.2) is 41.0 Å². The van der Waals surface area contributed by atoms with Crippen molar-refractivity contribution in [2.45, 2.75) is 45.1 Å². The lowest BCUT2D eigenvalue weighted by Crippen LogP contribution is -2.40. The van der Waals surface area contributed by atoms with E-state index >= 15 is 0 Å². The Morgan fingerprint density at radius 3 is 2.81 bits per heavy atom. The zero-order chi connectivity index (χ0) is 22.1. The van der Waals surface area contributed by atoms with Gasteiger partial charge in [-0.1, -0.05) is 0 Å². The Morgan fingerprint density at radius 1 is 1.19 bits per heavy atom. The standard InChI is InChI=1S/C24H32N2O5/c1-29-21-9-8-19(22(15-21)30-2)16-25-23(27)11-7-18-5-3-13-26(17-18)24(28)12-10-20-6-4-14-31-20/h4,6,8-9,14-15,18H,3,5,7,10-13,16-17H2,1-2H3,(H,25,27). The van der Waals surface area contributed by atoms with Crippen LogP contribution in [0.2, 0.25) is 0 Å². The van der Waals surface area contributed by atoms with E-state index in [4.69, 9.17) is 13.9 Å². The van der Waals surface area contributed by atoms with E-state index < -0.39 is 0 Å². The summed E-state index contributed by atoms with van der Waals surface area (Å²) in [6.45, 7) is 1.95. The highest BCUT2D eigenvalue weighted by Crippen LogP contribution is 2.25. The highest BCUT2D eigenvalue weighted by Gasteiger charge is 2.24. The molecular weight excluding hydrogens is 396 g/mol. The van der Waals surface area contributed by atoms with Crippen LogP contribution in [0.3, 0.4) is 0 Å². The molecule has 1 fully saturated rings. The van der Waals surface area contributed by atoms with Crippen LogP contribution in [-0.2, 0) is 22.6 Å². The van der Waals surface area contributed by atoms with Gasteiger partial charge in [-0.05, 0) is 49.4 Å². The number of nitrogens with one attached hydrogen (secondary N) is 1. The summed E-state index contributed by atoms with van der Waals surface area (Å²) in [4.78, 5) is 26.8. The molecule has 0 aliphatic carbocycles. The lowest BCUT2D eigenvalue weighted by atomic mass is 9.93. The molecule has 1 aromatic carbocycles. The monoisotopic (exact) mass is 428 g/mol. The number of likely N-dealkylation sites (tertiary alicyclic amines) is 1. The van der Waals surface area contributed by atoms with E-state index in [0.29, 0.717) is 43.2 Å². The second-order valence-corrected chi connectivity index (χ2v) is 7.92. The van der Waals surface area contributed by atoms with Gasteiger partial charge in [0.1, 0.15) is 17.3 Å². The molecule has 31 heavy (non-hydrogen) atoms. The lowest BCUT2D eigenvalue weighted by molar-refractivity contribution is -0.133. The molecule has 0 spiro atoms. The fraction of sp³-hybridized carbons (Fsp3) is 0.500. The van der Waals surface area contributed by atoms with Crippen LogP contribution >= 0.6 is 0 Å². The topological polar surface area (TPSA) is 81.0 Å². The minimum Gasteiger partial charge on any atom is -0.497 e. The Labute approximate surface area is 183 Å². The summed E-state index contributed by atoms with van der Waals surface area (Å²) in [7, 11) is 3.21. The first kappa shape index (κ1) is 22.7. The number of hydrogen-bond acceptors (Lipinski definition) is 5. The number of aryl methyl sites for hydroxylation is 1. The highest BCUT2D eigenvalue weighted by molar-refractivity contribution is 5.77. The van der Waals surface area contributed by atoms with Crippen molar-refractivity contribution in [1.82, 2.24) is 10.2 Å². The van der Waals surface area contributed by atoms with Crippen molar-refractivity contribution in [2.24, 2.45) is 5.92 Å². The third kappa shape index (κ3) is 6.77. The number of amides is 2. The van der Waals surface area contributed by atoms with Crippen molar-refractivity contribution < 1.29 is 23.5 Å². The zero-order valence-electron chi connectivity index (χ0n) is 18.4. The predicted molar refractivity (Wildman–Crippen MR) is 117 cm³/mol. The first-order valence-electron chi connectivity index (χ1n) is 10.9. The van der Waals surface area contributed by atoms with E-state index in [2.05, 4.69) is 5.32 Å². The van der Waals surface area contributed by atoms with Crippen molar-refractivity contribution in [2.75, 3.05) is 27.3 Å². The quantitative estimate of drug-likeness (QED) is 0.626. The smallest absolute Gasteiger partial charge is 0.223 e. The van der Waals surface area contributed by atoms with Gasteiger partial charge in [0, 0.05) is 50.5 Å². The average molecular weight is 429 g/mol. The molecule has 1 aromatic heterocycles. The molecule has 168 valence electrons. The first-order chi connectivity index (χ1) is 15.1. The molecule has 1 N–H and O–H groups in total. The Hall–Kier alpha value is -2.96. The molecule has 7 heteroatoms. The number of rotatable bonds is 10. The first-order valence-corrected chi connectivity index (χ1v) is 10.9. The van der Waals surface area contributed by atoms with Crippen LogP contribution in [0.5, 0.6) is 11.5 Å². The molecule has 2 heterocycles. The van der Waals surface area contributed by atoms with Gasteiger partial charge < -0.3 is 24.1 Å². The van der Waals surface area contributed by atoms with Gasteiger partial charge in [-0.25, -0.2) is 0 Å². The molecule has 0 radical (unpaired) electrons. The molecule has 0 saturated carbocycles. The van der Waals surface area contributed by atoms with E-state index in [1.807, 2.05) is 29.2 Å². The van der Waals surface area contributed by atoms with Gasteiger partial charge in [0.05, 0.1) is 20.5 Å². The SMILES string of the molecule is COc1ccc(CNC(=O)CCC2CCCN(C(=O)CCc3ccco3)C2)c(OC)c1. The van der Waals surface area contributed by atoms with Crippen LogP contribution in [0.1, 0.15) is 43.4 Å². The number of methoxy groups -OCH3 is 2. The van der Waals surface area contributed by atoms with Crippen LogP contribution in [0.25, 0.3) is 0 Å². The van der Waals surface area contributed by atoms with Gasteiger partial charge in [-0.3, -0.25) is 9.59 Å². The van der Waals surface area contributed by atoms with Crippen LogP contribution in [0, 0.1) is 5.92 Å². The van der Waals surface area contributed by atoms with E-state index in [0.717, 1.165) is 43.7 Å². The number of hydrogen-bond donors (Lipinski definition) is 1. The third-order valence-corrected chi connectivity index (χ3v) is 5.79. The maximum Gasteiger partial charge on any atom is 0.223 e. The van der Waals surface area contributed by atoms with Gasteiger partial charge in [0.2, 0.25) is 11.8 Å². The molecule has 2 amide bonds. The van der Waals surface area contributed by atoms with Crippen LogP contribution < -0.4 is 14.8 Å². The minimum absolute atomic E-state index is 0.0131. The Bertz CT molecular complexity index is 850. The van der Waals surface area contributed by atoms with Crippen molar-refractivity contribution in [3.05, 3.63) is 47.9 Å². The summed E-state index contributed by atoms with van der Waals surface area (Å²) in [6.07, 6.45) is 6.01. The number of piperidine rings is 1. The summed E-state index contributed by atoms with van der Waals surface area (Å²) in [6, 6.07) is 9.29. The van der Waals surface area contributed by atoms with Gasteiger partial charge in [-0.2, -0.15) is 0 Å². The molecule has 1 aliphatic heterocycles. The fourth-order valence-electron chi connectivity index (χ4n) is 3.99. The summed E-state index contributed by atoms with van der Waals surface area (Å²) in [5, 5.41) is 2.97. The molecule has 0 bridgehead atoms. The lowest BCUT2D eigenvalue weighted by Gasteiger charge is -2.32. The maximum absolute atomic E-state index is 12.5. The van der Waals surface area contributed by atoms with E-state index in [9.17, 15) is 9.59 Å². The molecule has 7 nitrogen and oxygen atoms in total. The van der Waals surface area contributed by atoms with Gasteiger partial charge in [-0.15, -0.1) is 0 Å². The third-order valence-electron chi connectivity index (χ3n) is 5.79. The fourth-order valence-corrected chi connectivity index (χ4v) is 3.99. The van der Waals surface area contributed by atoms with E-state index in [-0.39, 0.29) is 11.8 Å². The molecule has 1 atom stereocenters. The number of ether oxygens (including phenoxy) is 2. The molecule has 1 aliphatic rings. The second-order valence-electron chi connectivity index (χ2n) is 7.92. The summed E-state index contributed by atoms with van der Waals surface area (Å²) < 4.78 is 15.9. The number of furan rings is 1. The van der Waals surface area contributed by atoms with E-state index in [1.165, 1.54) is 0 Å². The van der Waals surface area contributed by atoms with Crippen molar-refractivity contribution in [1.29, 1.82) is 0 Å². The Balaban J connectivity index is 1.40. The molecule has 1 saturated heterocycles. The summed E-state index contributed by atoms with van der Waals surface area (Å²) >= 11 is 0. The largest absolute Gasteiger partial charge is 0.497 e. The van der Waals surface area contributed by atoms with Crippen LogP contribution in [0.4, 0.5) is 0 Å². The average Bonchev–Trinajstić information content (AvgIpc) is 3.33. The van der Waals surface area contributed by atoms with Crippen molar-refractivity contribution >= 4 is 11.8 Å². The van der Waals surface area contributed by atoms with Gasteiger partial charge in [0.25, 0.3) is 0 Å². The maximum atomic E-state index is 12.5. The minimum atomic E-state index is 0.0131. The summed E-state index contributed by atoms with van der Waals surface area (Å²) in [5.41, 5.74) is 0.905. The van der Waals surface area contributed by atoms with Gasteiger partial charge in [0.15, 0.2) is 0 Å². The molecule has 3 rings (SSSR count). The number of carbonyl (C=O) groups excluding carboxylic acids is 2. The van der Waals surface area contributed by atoms with Crippen LogP contribution in [-0.4, -0.2) is 44.0 Å². The zero-order valence-corrected chi connectivity index (χ0v) is 18.4. The number of carbonyl (C=O) groups is 2. The molecule has 2 aromatic rings. The molecular formula is C24H32N2O5. The summed E-state index contributed by atoms with van der Waals surface area (Å²) in [5.74, 6) is 2.79. The van der Waals surface area contributed by atoms with Crippen molar-refractivity contribution in [3.63, 3.8) is 0 Å². The molecule has 1 unspecified atom stereocenters. The van der Waals surface area contributed by atoms with E-state index in [1.54, 1.807) is 26.5 Å². The second kappa shape index (κ2) is 11.4. The van der Waals surface area contributed by atoms with Gasteiger partial charge >= 0.3 is 0 Å².